The van der Waals surface area contributed by atoms with E-state index in [2.05, 4.69) is 67.5 Å². The Labute approximate surface area is 161 Å². The lowest BCUT2D eigenvalue weighted by atomic mass is 9.93. The van der Waals surface area contributed by atoms with Gasteiger partial charge in [-0.1, -0.05) is 18.2 Å². The predicted octanol–water partition coefficient (Wildman–Crippen LogP) is 5.69. The first kappa shape index (κ1) is 19.0. The molecule has 2 N–H and O–H groups in total. The van der Waals surface area contributed by atoms with Crippen LogP contribution in [0.2, 0.25) is 0 Å². The molecule has 1 aromatic heterocycles. The Balaban J connectivity index is 1.97. The van der Waals surface area contributed by atoms with E-state index in [9.17, 15) is 4.79 Å². The maximum absolute atomic E-state index is 12.2. The second-order valence-electron chi connectivity index (χ2n) is 7.73. The van der Waals surface area contributed by atoms with Gasteiger partial charge in [0.15, 0.2) is 0 Å². The number of hydrogen-bond donors (Lipinski definition) is 2. The molecule has 0 saturated carbocycles. The fourth-order valence-corrected chi connectivity index (χ4v) is 3.43. The molecule has 27 heavy (non-hydrogen) atoms. The molecule has 2 aromatic carbocycles. The summed E-state index contributed by atoms with van der Waals surface area (Å²) in [7, 11) is 0. The van der Waals surface area contributed by atoms with E-state index in [1.165, 1.54) is 27.8 Å². The zero-order valence-corrected chi connectivity index (χ0v) is 17.0. The summed E-state index contributed by atoms with van der Waals surface area (Å²) < 4.78 is 0. The van der Waals surface area contributed by atoms with Crippen LogP contribution >= 0.6 is 0 Å². The summed E-state index contributed by atoms with van der Waals surface area (Å²) in [6.45, 7) is 12.1. The molecule has 0 radical (unpaired) electrons. The smallest absolute Gasteiger partial charge is 0.247 e. The van der Waals surface area contributed by atoms with Gasteiger partial charge in [0, 0.05) is 28.2 Å². The van der Waals surface area contributed by atoms with E-state index < -0.39 is 0 Å². The fourth-order valence-electron chi connectivity index (χ4n) is 3.43. The molecule has 3 nitrogen and oxygen atoms in total. The third kappa shape index (κ3) is 4.13. The number of H-pyrrole nitrogens is 1. The first-order valence-corrected chi connectivity index (χ1v) is 9.44. The fraction of sp³-hybridized carbons (Fsp3) is 0.292. The molecule has 0 unspecified atom stereocenters. The number of rotatable bonds is 4. The molecule has 3 heteroatoms. The van der Waals surface area contributed by atoms with Crippen LogP contribution < -0.4 is 5.32 Å². The summed E-state index contributed by atoms with van der Waals surface area (Å²) >= 11 is 0. The monoisotopic (exact) mass is 360 g/mol. The normalized spacial score (nSPS) is 12.0. The van der Waals surface area contributed by atoms with Gasteiger partial charge in [0.2, 0.25) is 5.91 Å². The average molecular weight is 361 g/mol. The third-order valence-corrected chi connectivity index (χ3v) is 4.83. The minimum Gasteiger partial charge on any atom is -0.359 e. The molecule has 140 valence electrons. The third-order valence-electron chi connectivity index (χ3n) is 4.83. The Bertz CT molecular complexity index is 1040. The van der Waals surface area contributed by atoms with Crippen LogP contribution in [0, 0.1) is 20.8 Å². The Morgan fingerprint density at radius 1 is 1.04 bits per heavy atom. The van der Waals surface area contributed by atoms with Gasteiger partial charge in [0.25, 0.3) is 0 Å². The van der Waals surface area contributed by atoms with Crippen molar-refractivity contribution in [3.63, 3.8) is 0 Å². The van der Waals surface area contributed by atoms with Crippen molar-refractivity contribution >= 4 is 22.9 Å². The summed E-state index contributed by atoms with van der Waals surface area (Å²) in [5.74, 6) is -0.0144. The Morgan fingerprint density at radius 2 is 1.78 bits per heavy atom. The highest BCUT2D eigenvalue weighted by atomic mass is 16.1. The lowest BCUT2D eigenvalue weighted by Crippen LogP contribution is -2.30. The maximum atomic E-state index is 12.2. The van der Waals surface area contributed by atoms with Crippen LogP contribution in [-0.2, 0) is 4.79 Å². The van der Waals surface area contributed by atoms with E-state index in [0.717, 1.165) is 22.2 Å². The van der Waals surface area contributed by atoms with Gasteiger partial charge in [0.1, 0.15) is 0 Å². The van der Waals surface area contributed by atoms with Crippen molar-refractivity contribution in [3.05, 3.63) is 64.4 Å². The standard InChI is InChI=1S/C24H28N2O/c1-14(2)25-24(27)17(5)10-20-9-16(4)22(11-15(20)3)19-7-8-23-21(13-19)12-18(6)26-23/h7-14,26H,1-6H3,(H,25,27)/b17-10+. The first-order valence-electron chi connectivity index (χ1n) is 9.44. The van der Waals surface area contributed by atoms with Crippen molar-refractivity contribution < 1.29 is 4.79 Å². The SMILES string of the molecule is C/C(=C\c1cc(C)c(-c2ccc3[nH]c(C)cc3c2)cc1C)C(=O)NC(C)C. The highest BCUT2D eigenvalue weighted by Gasteiger charge is 2.10. The maximum Gasteiger partial charge on any atom is 0.247 e. The lowest BCUT2D eigenvalue weighted by Gasteiger charge is -2.12. The number of amides is 1. The number of aromatic amines is 1. The second-order valence-corrected chi connectivity index (χ2v) is 7.73. The van der Waals surface area contributed by atoms with Crippen molar-refractivity contribution in [2.45, 2.75) is 47.6 Å². The largest absolute Gasteiger partial charge is 0.359 e. The number of hydrogen-bond acceptors (Lipinski definition) is 1. The number of carbonyl (C=O) groups is 1. The average Bonchev–Trinajstić information content (AvgIpc) is 2.96. The number of aromatic nitrogens is 1. The molecule has 0 aliphatic carbocycles. The van der Waals surface area contributed by atoms with Crippen molar-refractivity contribution in [2.75, 3.05) is 0 Å². The zero-order chi connectivity index (χ0) is 19.7. The van der Waals surface area contributed by atoms with E-state index in [4.69, 9.17) is 0 Å². The molecule has 3 aromatic rings. The molecule has 3 rings (SSSR count). The van der Waals surface area contributed by atoms with Crippen molar-refractivity contribution in [2.24, 2.45) is 0 Å². The summed E-state index contributed by atoms with van der Waals surface area (Å²) in [4.78, 5) is 15.6. The Morgan fingerprint density at radius 3 is 2.48 bits per heavy atom. The molecule has 1 heterocycles. The first-order chi connectivity index (χ1) is 12.7. The van der Waals surface area contributed by atoms with Gasteiger partial charge in [0.05, 0.1) is 0 Å². The van der Waals surface area contributed by atoms with Gasteiger partial charge < -0.3 is 10.3 Å². The minimum atomic E-state index is -0.0144. The van der Waals surface area contributed by atoms with Crippen LogP contribution in [0.25, 0.3) is 28.1 Å². The highest BCUT2D eigenvalue weighted by molar-refractivity contribution is 5.97. The molecule has 0 spiro atoms. The summed E-state index contributed by atoms with van der Waals surface area (Å²) in [5, 5.41) is 4.17. The molecular formula is C24H28N2O. The lowest BCUT2D eigenvalue weighted by molar-refractivity contribution is -0.117. The van der Waals surface area contributed by atoms with Gasteiger partial charge in [-0.25, -0.2) is 0 Å². The van der Waals surface area contributed by atoms with Gasteiger partial charge in [-0.15, -0.1) is 0 Å². The van der Waals surface area contributed by atoms with E-state index in [0.29, 0.717) is 0 Å². The summed E-state index contributed by atoms with van der Waals surface area (Å²) in [6.07, 6.45) is 1.97. The molecule has 0 bridgehead atoms. The number of fused-ring (bicyclic) bond motifs is 1. The topological polar surface area (TPSA) is 44.9 Å². The highest BCUT2D eigenvalue weighted by Crippen LogP contribution is 2.30. The Kier molecular flexibility index (Phi) is 5.22. The van der Waals surface area contributed by atoms with Gasteiger partial charge in [-0.2, -0.15) is 0 Å². The van der Waals surface area contributed by atoms with Crippen LogP contribution in [0.1, 0.15) is 43.2 Å². The van der Waals surface area contributed by atoms with E-state index in [1.54, 1.807) is 0 Å². The molecule has 0 aliphatic heterocycles. The summed E-state index contributed by atoms with van der Waals surface area (Å²) in [5.41, 5.74) is 8.96. The molecule has 0 aliphatic rings. The van der Waals surface area contributed by atoms with Gasteiger partial charge in [-0.3, -0.25) is 4.79 Å². The minimum absolute atomic E-state index is 0.0144. The zero-order valence-electron chi connectivity index (χ0n) is 17.0. The van der Waals surface area contributed by atoms with Crippen LogP contribution in [0.3, 0.4) is 0 Å². The summed E-state index contributed by atoms with van der Waals surface area (Å²) in [6, 6.07) is 13.2. The molecule has 0 atom stereocenters. The van der Waals surface area contributed by atoms with Crippen LogP contribution in [-0.4, -0.2) is 16.9 Å². The molecule has 0 fully saturated rings. The number of carbonyl (C=O) groups excluding carboxylic acids is 1. The van der Waals surface area contributed by atoms with Gasteiger partial charge in [-0.05, 0) is 93.6 Å². The number of nitrogens with one attached hydrogen (secondary N) is 2. The Hall–Kier alpha value is -2.81. The van der Waals surface area contributed by atoms with Crippen LogP contribution in [0.15, 0.2) is 42.0 Å². The van der Waals surface area contributed by atoms with Crippen molar-refractivity contribution in [1.29, 1.82) is 0 Å². The molecule has 1 amide bonds. The second kappa shape index (κ2) is 7.43. The van der Waals surface area contributed by atoms with Crippen molar-refractivity contribution in [1.82, 2.24) is 10.3 Å². The quantitative estimate of drug-likeness (QED) is 0.577. The molecular weight excluding hydrogens is 332 g/mol. The van der Waals surface area contributed by atoms with Crippen molar-refractivity contribution in [3.8, 4) is 11.1 Å². The number of aryl methyl sites for hydroxylation is 3. The number of benzene rings is 2. The predicted molar refractivity (Wildman–Crippen MR) is 115 cm³/mol. The van der Waals surface area contributed by atoms with Gasteiger partial charge >= 0.3 is 0 Å². The van der Waals surface area contributed by atoms with E-state index in [-0.39, 0.29) is 11.9 Å². The van der Waals surface area contributed by atoms with E-state index in [1.807, 2.05) is 26.8 Å². The van der Waals surface area contributed by atoms with Crippen LogP contribution in [0.5, 0.6) is 0 Å². The van der Waals surface area contributed by atoms with Crippen LogP contribution in [0.4, 0.5) is 0 Å². The van der Waals surface area contributed by atoms with E-state index >= 15 is 0 Å². The molecule has 0 saturated heterocycles.